The fourth-order valence-corrected chi connectivity index (χ4v) is 2.99. The summed E-state index contributed by atoms with van der Waals surface area (Å²) in [6, 6.07) is 15.1. The predicted molar refractivity (Wildman–Crippen MR) is 101 cm³/mol. The number of rotatable bonds is 7. The minimum absolute atomic E-state index is 0.0478. The van der Waals surface area contributed by atoms with Crippen molar-refractivity contribution in [2.45, 2.75) is 25.6 Å². The molecule has 1 aliphatic heterocycles. The van der Waals surface area contributed by atoms with Crippen LogP contribution >= 0.6 is 0 Å². The monoisotopic (exact) mass is 386 g/mol. The SMILES string of the molecule is O=C(/C=C/c1ccc(OC(F)F)cc1)NC1CCN(Cc2ccccc2)C1=O. The summed E-state index contributed by atoms with van der Waals surface area (Å²) < 4.78 is 28.5. The molecule has 1 saturated heterocycles. The number of amides is 2. The molecule has 146 valence electrons. The molecule has 0 aliphatic carbocycles. The van der Waals surface area contributed by atoms with Crippen molar-refractivity contribution in [2.75, 3.05) is 6.54 Å². The summed E-state index contributed by atoms with van der Waals surface area (Å²) in [6.45, 7) is -1.76. The van der Waals surface area contributed by atoms with Crippen LogP contribution in [-0.2, 0) is 16.1 Å². The van der Waals surface area contributed by atoms with Crippen LogP contribution in [0.3, 0.4) is 0 Å². The third-order valence-electron chi connectivity index (χ3n) is 4.36. The van der Waals surface area contributed by atoms with E-state index in [4.69, 9.17) is 0 Å². The van der Waals surface area contributed by atoms with Crippen molar-refractivity contribution in [3.8, 4) is 5.75 Å². The smallest absolute Gasteiger partial charge is 0.387 e. The van der Waals surface area contributed by atoms with E-state index in [0.29, 0.717) is 25.1 Å². The summed E-state index contributed by atoms with van der Waals surface area (Å²) in [5.74, 6) is -0.432. The van der Waals surface area contributed by atoms with Crippen molar-refractivity contribution in [3.05, 3.63) is 71.8 Å². The number of benzene rings is 2. The number of halogens is 2. The molecule has 0 aromatic heterocycles. The van der Waals surface area contributed by atoms with Crippen LogP contribution in [0.15, 0.2) is 60.7 Å². The molecule has 7 heteroatoms. The van der Waals surface area contributed by atoms with E-state index in [1.54, 1.807) is 23.1 Å². The number of carbonyl (C=O) groups excluding carboxylic acids is 2. The van der Waals surface area contributed by atoms with Gasteiger partial charge in [-0.2, -0.15) is 8.78 Å². The van der Waals surface area contributed by atoms with Gasteiger partial charge in [-0.05, 0) is 35.8 Å². The maximum atomic E-state index is 12.5. The maximum Gasteiger partial charge on any atom is 0.387 e. The topological polar surface area (TPSA) is 58.6 Å². The molecule has 2 aromatic rings. The fraction of sp³-hybridized carbons (Fsp3) is 0.238. The minimum Gasteiger partial charge on any atom is -0.435 e. The first-order valence-corrected chi connectivity index (χ1v) is 8.87. The minimum atomic E-state index is -2.88. The number of likely N-dealkylation sites (tertiary alicyclic amines) is 1. The van der Waals surface area contributed by atoms with Crippen molar-refractivity contribution >= 4 is 17.9 Å². The molecule has 0 bridgehead atoms. The van der Waals surface area contributed by atoms with Crippen molar-refractivity contribution < 1.29 is 23.1 Å². The second kappa shape index (κ2) is 9.12. The zero-order chi connectivity index (χ0) is 19.9. The average molecular weight is 386 g/mol. The van der Waals surface area contributed by atoms with Crippen LogP contribution in [0.2, 0.25) is 0 Å². The van der Waals surface area contributed by atoms with Gasteiger partial charge in [0.1, 0.15) is 11.8 Å². The zero-order valence-corrected chi connectivity index (χ0v) is 15.1. The Kier molecular flexibility index (Phi) is 6.37. The number of nitrogens with one attached hydrogen (secondary N) is 1. The van der Waals surface area contributed by atoms with Crippen LogP contribution < -0.4 is 10.1 Å². The van der Waals surface area contributed by atoms with Gasteiger partial charge in [-0.1, -0.05) is 42.5 Å². The molecule has 2 amide bonds. The summed E-state index contributed by atoms with van der Waals surface area (Å²) in [5, 5.41) is 2.71. The molecule has 3 rings (SSSR count). The molecule has 1 fully saturated rings. The van der Waals surface area contributed by atoms with E-state index in [1.165, 1.54) is 18.2 Å². The maximum absolute atomic E-state index is 12.5. The largest absolute Gasteiger partial charge is 0.435 e. The molecule has 0 radical (unpaired) electrons. The van der Waals surface area contributed by atoms with E-state index in [2.05, 4.69) is 10.1 Å². The molecule has 5 nitrogen and oxygen atoms in total. The fourth-order valence-electron chi connectivity index (χ4n) is 2.99. The molecule has 0 saturated carbocycles. The highest BCUT2D eigenvalue weighted by molar-refractivity contribution is 5.96. The predicted octanol–water partition coefficient (Wildman–Crippen LogP) is 3.22. The molecule has 2 aromatic carbocycles. The summed E-state index contributed by atoms with van der Waals surface area (Å²) in [6.07, 6.45) is 3.42. The van der Waals surface area contributed by atoms with E-state index in [0.717, 1.165) is 5.56 Å². The van der Waals surface area contributed by atoms with Gasteiger partial charge in [0.2, 0.25) is 11.8 Å². The molecule has 1 atom stereocenters. The number of carbonyl (C=O) groups is 2. The second-order valence-electron chi connectivity index (χ2n) is 6.38. The van der Waals surface area contributed by atoms with E-state index < -0.39 is 12.7 Å². The van der Waals surface area contributed by atoms with E-state index in [-0.39, 0.29) is 17.6 Å². The number of hydrogen-bond donors (Lipinski definition) is 1. The molecule has 1 N–H and O–H groups in total. The first-order chi connectivity index (χ1) is 13.5. The number of hydrogen-bond acceptors (Lipinski definition) is 3. The van der Waals surface area contributed by atoms with Crippen LogP contribution in [-0.4, -0.2) is 35.9 Å². The van der Waals surface area contributed by atoms with Gasteiger partial charge < -0.3 is 15.0 Å². The van der Waals surface area contributed by atoms with Gasteiger partial charge in [0.05, 0.1) is 0 Å². The van der Waals surface area contributed by atoms with Gasteiger partial charge in [-0.25, -0.2) is 0 Å². The Morgan fingerprint density at radius 3 is 2.57 bits per heavy atom. The highest BCUT2D eigenvalue weighted by Crippen LogP contribution is 2.17. The Balaban J connectivity index is 1.50. The van der Waals surface area contributed by atoms with Crippen LogP contribution in [0.4, 0.5) is 8.78 Å². The molecular weight excluding hydrogens is 366 g/mol. The van der Waals surface area contributed by atoms with Gasteiger partial charge in [-0.15, -0.1) is 0 Å². The second-order valence-corrected chi connectivity index (χ2v) is 6.38. The number of nitrogens with zero attached hydrogens (tertiary/aromatic N) is 1. The lowest BCUT2D eigenvalue weighted by Crippen LogP contribution is -2.40. The van der Waals surface area contributed by atoms with Crippen molar-refractivity contribution in [1.29, 1.82) is 0 Å². The number of alkyl halides is 2. The van der Waals surface area contributed by atoms with Crippen LogP contribution in [0.5, 0.6) is 5.75 Å². The Bertz CT molecular complexity index is 838. The zero-order valence-electron chi connectivity index (χ0n) is 15.1. The standard InChI is InChI=1S/C21H20F2N2O3/c22-21(23)28-17-9-6-15(7-10-17)8-11-19(26)24-18-12-13-25(20(18)27)14-16-4-2-1-3-5-16/h1-11,18,21H,12-14H2,(H,24,26)/b11-8+. The molecule has 1 aliphatic rings. The Morgan fingerprint density at radius 1 is 1.18 bits per heavy atom. The Hall–Kier alpha value is -3.22. The summed E-state index contributed by atoms with van der Waals surface area (Å²) in [4.78, 5) is 26.3. The lowest BCUT2D eigenvalue weighted by atomic mass is 10.2. The van der Waals surface area contributed by atoms with Crippen molar-refractivity contribution in [2.24, 2.45) is 0 Å². The van der Waals surface area contributed by atoms with Gasteiger partial charge >= 0.3 is 6.61 Å². The molecule has 1 unspecified atom stereocenters. The summed E-state index contributed by atoms with van der Waals surface area (Å²) in [7, 11) is 0. The van der Waals surface area contributed by atoms with E-state index in [9.17, 15) is 18.4 Å². The Morgan fingerprint density at radius 2 is 1.89 bits per heavy atom. The third kappa shape index (κ3) is 5.39. The highest BCUT2D eigenvalue weighted by Gasteiger charge is 2.32. The van der Waals surface area contributed by atoms with Crippen LogP contribution in [0.1, 0.15) is 17.5 Å². The first kappa shape index (κ1) is 19.5. The molecule has 1 heterocycles. The first-order valence-electron chi connectivity index (χ1n) is 8.87. The van der Waals surface area contributed by atoms with Crippen LogP contribution in [0.25, 0.3) is 6.08 Å². The van der Waals surface area contributed by atoms with E-state index in [1.807, 2.05) is 30.3 Å². The summed E-state index contributed by atoms with van der Waals surface area (Å²) in [5.41, 5.74) is 1.70. The average Bonchev–Trinajstić information content (AvgIpc) is 3.01. The van der Waals surface area contributed by atoms with Crippen LogP contribution in [0, 0.1) is 0 Å². The van der Waals surface area contributed by atoms with Gasteiger partial charge in [0, 0.05) is 19.2 Å². The van der Waals surface area contributed by atoms with Crippen molar-refractivity contribution in [3.63, 3.8) is 0 Å². The molecule has 28 heavy (non-hydrogen) atoms. The normalized spacial score (nSPS) is 16.8. The lowest BCUT2D eigenvalue weighted by Gasteiger charge is -2.17. The highest BCUT2D eigenvalue weighted by atomic mass is 19.3. The molecule has 0 spiro atoms. The third-order valence-corrected chi connectivity index (χ3v) is 4.36. The Labute approximate surface area is 161 Å². The lowest BCUT2D eigenvalue weighted by molar-refractivity contribution is -0.132. The van der Waals surface area contributed by atoms with Crippen molar-refractivity contribution in [1.82, 2.24) is 10.2 Å². The summed E-state index contributed by atoms with van der Waals surface area (Å²) >= 11 is 0. The van der Waals surface area contributed by atoms with Gasteiger partial charge in [0.15, 0.2) is 0 Å². The molecular formula is C21H20F2N2O3. The van der Waals surface area contributed by atoms with Gasteiger partial charge in [-0.3, -0.25) is 9.59 Å². The van der Waals surface area contributed by atoms with E-state index >= 15 is 0 Å². The quantitative estimate of drug-likeness (QED) is 0.744. The van der Waals surface area contributed by atoms with Gasteiger partial charge in [0.25, 0.3) is 0 Å². The number of ether oxygens (including phenoxy) is 1.